The van der Waals surface area contributed by atoms with Gasteiger partial charge in [0.15, 0.2) is 0 Å². The normalized spacial score (nSPS) is 13.8. The van der Waals surface area contributed by atoms with Crippen LogP contribution in [0, 0.1) is 11.8 Å². The van der Waals surface area contributed by atoms with Crippen LogP contribution in [0.5, 0.6) is 0 Å². The molecule has 0 aliphatic carbocycles. The molecule has 0 fully saturated rings. The smallest absolute Gasteiger partial charge is 0.309 e. The van der Waals surface area contributed by atoms with Gasteiger partial charge in [0, 0.05) is 12.3 Å². The Kier molecular flexibility index (Phi) is 11.4. The lowest BCUT2D eigenvalue weighted by atomic mass is 9.81. The molecule has 118 valence electrons. The molecular weight excluding hydrogens is 252 g/mol. The van der Waals surface area contributed by atoms with E-state index in [-0.39, 0.29) is 23.6 Å². The van der Waals surface area contributed by atoms with Crippen molar-refractivity contribution < 1.29 is 14.3 Å². The van der Waals surface area contributed by atoms with Crippen molar-refractivity contribution in [2.24, 2.45) is 11.8 Å². The van der Waals surface area contributed by atoms with Gasteiger partial charge in [0.2, 0.25) is 0 Å². The predicted octanol–water partition coefficient (Wildman–Crippen LogP) is 4.53. The van der Waals surface area contributed by atoms with Gasteiger partial charge in [0.05, 0.1) is 12.5 Å². The minimum Gasteiger partial charge on any atom is -0.465 e. The zero-order valence-corrected chi connectivity index (χ0v) is 13.7. The molecule has 0 N–H and O–H groups in total. The fourth-order valence-corrected chi connectivity index (χ4v) is 2.55. The number of hydrogen-bond donors (Lipinski definition) is 0. The van der Waals surface area contributed by atoms with Gasteiger partial charge in [-0.05, 0) is 25.7 Å². The van der Waals surface area contributed by atoms with E-state index in [4.69, 9.17) is 4.74 Å². The fraction of sp³-hybridized carbons (Fsp3) is 0.882. The quantitative estimate of drug-likeness (QED) is 0.390. The SMILES string of the molecule is CCCCOC(=O)C(CCC)C(CCC)C(=O)CCC. The van der Waals surface area contributed by atoms with Crippen molar-refractivity contribution in [1.82, 2.24) is 0 Å². The molecule has 0 saturated carbocycles. The van der Waals surface area contributed by atoms with Gasteiger partial charge < -0.3 is 4.74 Å². The molecule has 0 heterocycles. The second kappa shape index (κ2) is 11.9. The fourth-order valence-electron chi connectivity index (χ4n) is 2.55. The van der Waals surface area contributed by atoms with E-state index in [1.165, 1.54) is 0 Å². The summed E-state index contributed by atoms with van der Waals surface area (Å²) in [5, 5.41) is 0. The average Bonchev–Trinajstić information content (AvgIpc) is 2.43. The zero-order chi connectivity index (χ0) is 15.4. The van der Waals surface area contributed by atoms with E-state index >= 15 is 0 Å². The molecule has 0 aliphatic rings. The van der Waals surface area contributed by atoms with Gasteiger partial charge in [-0.1, -0.05) is 47.0 Å². The second-order valence-electron chi connectivity index (χ2n) is 5.53. The van der Waals surface area contributed by atoms with Crippen molar-refractivity contribution in [3.8, 4) is 0 Å². The first kappa shape index (κ1) is 19.1. The van der Waals surface area contributed by atoms with E-state index in [1.807, 2.05) is 6.92 Å². The van der Waals surface area contributed by atoms with Crippen molar-refractivity contribution in [2.45, 2.75) is 79.1 Å². The number of hydrogen-bond acceptors (Lipinski definition) is 3. The number of esters is 1. The highest BCUT2D eigenvalue weighted by atomic mass is 16.5. The molecule has 0 aliphatic heterocycles. The van der Waals surface area contributed by atoms with Crippen LogP contribution in [0.4, 0.5) is 0 Å². The minimum atomic E-state index is -0.240. The van der Waals surface area contributed by atoms with Crippen molar-refractivity contribution in [1.29, 1.82) is 0 Å². The minimum absolute atomic E-state index is 0.144. The van der Waals surface area contributed by atoms with Crippen molar-refractivity contribution in [2.75, 3.05) is 6.61 Å². The lowest BCUT2D eigenvalue weighted by Crippen LogP contribution is -2.31. The third-order valence-corrected chi connectivity index (χ3v) is 3.64. The average molecular weight is 284 g/mol. The van der Waals surface area contributed by atoms with Crippen LogP contribution in [0.3, 0.4) is 0 Å². The van der Waals surface area contributed by atoms with Gasteiger partial charge in [0.25, 0.3) is 0 Å². The van der Waals surface area contributed by atoms with Gasteiger partial charge in [-0.3, -0.25) is 9.59 Å². The van der Waals surface area contributed by atoms with Crippen LogP contribution in [-0.4, -0.2) is 18.4 Å². The molecule has 3 heteroatoms. The van der Waals surface area contributed by atoms with E-state index in [2.05, 4.69) is 20.8 Å². The van der Waals surface area contributed by atoms with Crippen molar-refractivity contribution in [3.05, 3.63) is 0 Å². The van der Waals surface area contributed by atoms with E-state index in [1.54, 1.807) is 0 Å². The highest BCUT2D eigenvalue weighted by molar-refractivity contribution is 5.86. The largest absolute Gasteiger partial charge is 0.465 e. The van der Waals surface area contributed by atoms with Crippen LogP contribution >= 0.6 is 0 Å². The summed E-state index contributed by atoms with van der Waals surface area (Å²) in [7, 11) is 0. The monoisotopic (exact) mass is 284 g/mol. The Morgan fingerprint density at radius 1 is 0.850 bits per heavy atom. The molecule has 0 aromatic heterocycles. The van der Waals surface area contributed by atoms with Crippen LogP contribution in [0.2, 0.25) is 0 Å². The van der Waals surface area contributed by atoms with Crippen LogP contribution in [0.15, 0.2) is 0 Å². The molecule has 0 aromatic rings. The third-order valence-electron chi connectivity index (χ3n) is 3.64. The predicted molar refractivity (Wildman–Crippen MR) is 82.6 cm³/mol. The molecule has 0 amide bonds. The topological polar surface area (TPSA) is 43.4 Å². The molecule has 0 aromatic carbocycles. The second-order valence-corrected chi connectivity index (χ2v) is 5.53. The Hall–Kier alpha value is -0.860. The number of ketones is 1. The summed E-state index contributed by atoms with van der Waals surface area (Å²) in [6.45, 7) is 8.69. The van der Waals surface area contributed by atoms with Gasteiger partial charge >= 0.3 is 5.97 Å². The first-order chi connectivity index (χ1) is 9.62. The summed E-state index contributed by atoms with van der Waals surface area (Å²) < 4.78 is 5.36. The van der Waals surface area contributed by atoms with Crippen LogP contribution < -0.4 is 0 Å². The van der Waals surface area contributed by atoms with Crippen molar-refractivity contribution >= 4 is 11.8 Å². The van der Waals surface area contributed by atoms with Crippen molar-refractivity contribution in [3.63, 3.8) is 0 Å². The molecule has 0 radical (unpaired) electrons. The van der Waals surface area contributed by atoms with Crippen LogP contribution in [0.1, 0.15) is 79.1 Å². The van der Waals surface area contributed by atoms with E-state index < -0.39 is 0 Å². The van der Waals surface area contributed by atoms with Gasteiger partial charge in [-0.25, -0.2) is 0 Å². The Labute approximate surface area is 124 Å². The lowest BCUT2D eigenvalue weighted by molar-refractivity contribution is -0.153. The number of carbonyl (C=O) groups excluding carboxylic acids is 2. The number of carbonyl (C=O) groups is 2. The van der Waals surface area contributed by atoms with Crippen LogP contribution in [-0.2, 0) is 14.3 Å². The van der Waals surface area contributed by atoms with E-state index in [0.29, 0.717) is 13.0 Å². The Balaban J connectivity index is 4.77. The summed E-state index contributed by atoms with van der Waals surface area (Å²) in [5.74, 6) is -0.312. The highest BCUT2D eigenvalue weighted by Gasteiger charge is 2.32. The number of Topliss-reactive ketones (excluding diaryl/α,β-unsaturated/α-hetero) is 1. The third kappa shape index (κ3) is 7.06. The maximum absolute atomic E-state index is 12.3. The van der Waals surface area contributed by atoms with E-state index in [9.17, 15) is 9.59 Å². The van der Waals surface area contributed by atoms with E-state index in [0.717, 1.165) is 44.9 Å². The van der Waals surface area contributed by atoms with Gasteiger partial charge in [0.1, 0.15) is 5.78 Å². The number of rotatable bonds is 12. The molecular formula is C17H32O3. The van der Waals surface area contributed by atoms with Gasteiger partial charge in [-0.15, -0.1) is 0 Å². The summed E-state index contributed by atoms with van der Waals surface area (Å²) >= 11 is 0. The maximum Gasteiger partial charge on any atom is 0.309 e. The molecule has 2 unspecified atom stereocenters. The zero-order valence-electron chi connectivity index (χ0n) is 13.7. The molecule has 2 atom stereocenters. The lowest BCUT2D eigenvalue weighted by Gasteiger charge is -2.24. The Bertz CT molecular complexity index is 273. The molecule has 0 saturated heterocycles. The Morgan fingerprint density at radius 2 is 1.45 bits per heavy atom. The summed E-state index contributed by atoms with van der Waals surface area (Å²) in [4.78, 5) is 24.5. The molecule has 0 spiro atoms. The molecule has 20 heavy (non-hydrogen) atoms. The Morgan fingerprint density at radius 3 is 1.95 bits per heavy atom. The summed E-state index contributed by atoms with van der Waals surface area (Å²) in [5.41, 5.74) is 0. The summed E-state index contributed by atoms with van der Waals surface area (Å²) in [6, 6.07) is 0. The number of unbranched alkanes of at least 4 members (excludes halogenated alkanes) is 1. The maximum atomic E-state index is 12.3. The summed E-state index contributed by atoms with van der Waals surface area (Å²) in [6.07, 6.45) is 6.73. The highest BCUT2D eigenvalue weighted by Crippen LogP contribution is 2.26. The standard InChI is InChI=1S/C17H32O3/c1-5-9-13-20-17(19)15(11-7-3)14(10-6-2)16(18)12-8-4/h14-15H,5-13H2,1-4H3. The first-order valence-electron chi connectivity index (χ1n) is 8.31. The molecule has 3 nitrogen and oxygen atoms in total. The molecule has 0 bridgehead atoms. The van der Waals surface area contributed by atoms with Crippen LogP contribution in [0.25, 0.3) is 0 Å². The molecule has 0 rings (SSSR count). The number of ether oxygens (including phenoxy) is 1. The first-order valence-corrected chi connectivity index (χ1v) is 8.31. The van der Waals surface area contributed by atoms with Gasteiger partial charge in [-0.2, -0.15) is 0 Å².